The van der Waals surface area contributed by atoms with Crippen LogP contribution in [0.5, 0.6) is 0 Å². The Labute approximate surface area is 161 Å². The zero-order valence-corrected chi connectivity index (χ0v) is 16.9. The van der Waals surface area contributed by atoms with Crippen LogP contribution in [-0.2, 0) is 19.1 Å². The van der Waals surface area contributed by atoms with Gasteiger partial charge in [-0.2, -0.15) is 0 Å². The second-order valence-corrected chi connectivity index (χ2v) is 8.82. The van der Waals surface area contributed by atoms with E-state index in [9.17, 15) is 14.4 Å². The van der Waals surface area contributed by atoms with Crippen molar-refractivity contribution >= 4 is 29.4 Å². The van der Waals surface area contributed by atoms with Crippen molar-refractivity contribution in [1.29, 1.82) is 0 Å². The predicted molar refractivity (Wildman–Crippen MR) is 104 cm³/mol. The molecule has 0 aromatic rings. The number of imide groups is 1. The number of likely N-dealkylation sites (tertiary alicyclic amines) is 1. The van der Waals surface area contributed by atoms with Gasteiger partial charge in [0.15, 0.2) is 5.78 Å². The van der Waals surface area contributed by atoms with Crippen molar-refractivity contribution in [2.45, 2.75) is 88.9 Å². The van der Waals surface area contributed by atoms with Crippen LogP contribution in [0.2, 0.25) is 0 Å². The lowest BCUT2D eigenvalue weighted by molar-refractivity contribution is -0.143. The second kappa shape index (κ2) is 11.8. The lowest BCUT2D eigenvalue weighted by Gasteiger charge is -2.19. The lowest BCUT2D eigenvalue weighted by Crippen LogP contribution is -2.37. The maximum Gasteiger partial charge on any atom is 0.243 e. The van der Waals surface area contributed by atoms with Crippen LogP contribution in [0.15, 0.2) is 0 Å². The van der Waals surface area contributed by atoms with Gasteiger partial charge >= 0.3 is 0 Å². The van der Waals surface area contributed by atoms with E-state index in [0.717, 1.165) is 36.3 Å². The second-order valence-electron chi connectivity index (χ2n) is 7.34. The largest absolute Gasteiger partial charge is 0.370 e. The number of ketones is 1. The summed E-state index contributed by atoms with van der Waals surface area (Å²) in [5.74, 6) is 0.161. The number of amides is 2. The quantitative estimate of drug-likeness (QED) is 0.627. The zero-order chi connectivity index (χ0) is 18.8. The number of ether oxygens (including phenoxy) is 1. The maximum atomic E-state index is 12.3. The first kappa shape index (κ1) is 21.4. The Morgan fingerprint density at radius 2 is 1.62 bits per heavy atom. The molecule has 2 aliphatic rings. The third kappa shape index (κ3) is 7.03. The van der Waals surface area contributed by atoms with Gasteiger partial charge in [0.25, 0.3) is 0 Å². The average Bonchev–Trinajstić information content (AvgIpc) is 2.86. The molecule has 5 nitrogen and oxygen atoms in total. The molecule has 0 spiro atoms. The van der Waals surface area contributed by atoms with Gasteiger partial charge in [-0.1, -0.05) is 58.3 Å². The number of carbonyl (C=O) groups excluding carboxylic acids is 3. The number of hydrogen-bond acceptors (Lipinski definition) is 5. The molecule has 0 aromatic heterocycles. The van der Waals surface area contributed by atoms with Gasteiger partial charge in [0, 0.05) is 6.42 Å². The van der Waals surface area contributed by atoms with Crippen molar-refractivity contribution in [1.82, 2.24) is 4.90 Å². The summed E-state index contributed by atoms with van der Waals surface area (Å²) in [6, 6.07) is 0. The van der Waals surface area contributed by atoms with E-state index in [2.05, 4.69) is 0 Å². The fourth-order valence-electron chi connectivity index (χ4n) is 3.70. The van der Waals surface area contributed by atoms with Crippen molar-refractivity contribution in [2.75, 3.05) is 18.9 Å². The Morgan fingerprint density at radius 1 is 1.04 bits per heavy atom. The summed E-state index contributed by atoms with van der Waals surface area (Å²) in [5, 5.41) is -0.316. The molecule has 0 N–H and O–H groups in total. The van der Waals surface area contributed by atoms with Gasteiger partial charge in [0.1, 0.15) is 6.61 Å². The van der Waals surface area contributed by atoms with Crippen molar-refractivity contribution < 1.29 is 19.1 Å². The Hall–Kier alpha value is -0.880. The van der Waals surface area contributed by atoms with Gasteiger partial charge in [-0.05, 0) is 18.6 Å². The van der Waals surface area contributed by atoms with Crippen molar-refractivity contribution in [3.05, 3.63) is 0 Å². The zero-order valence-electron chi connectivity index (χ0n) is 16.0. The summed E-state index contributed by atoms with van der Waals surface area (Å²) >= 11 is 1.47. The van der Waals surface area contributed by atoms with E-state index >= 15 is 0 Å². The smallest absolute Gasteiger partial charge is 0.243 e. The van der Waals surface area contributed by atoms with E-state index in [1.165, 1.54) is 50.3 Å². The minimum absolute atomic E-state index is 0.00726. The van der Waals surface area contributed by atoms with E-state index in [0.29, 0.717) is 0 Å². The molecule has 6 heteroatoms. The van der Waals surface area contributed by atoms with Gasteiger partial charge in [-0.25, -0.2) is 0 Å². The van der Waals surface area contributed by atoms with E-state index < -0.39 is 0 Å². The van der Waals surface area contributed by atoms with Gasteiger partial charge in [-0.15, -0.1) is 11.8 Å². The number of thioether (sulfide) groups is 1. The van der Waals surface area contributed by atoms with Gasteiger partial charge in [-0.3, -0.25) is 19.3 Å². The molecular formula is C20H33NO4S. The highest BCUT2D eigenvalue weighted by atomic mass is 32.2. The molecule has 1 aliphatic heterocycles. The molecule has 0 radical (unpaired) electrons. The number of Topliss-reactive ketones (excluding diaryl/α,β-unsaturated/α-hetero) is 1. The van der Waals surface area contributed by atoms with Gasteiger partial charge in [0.05, 0.1) is 17.9 Å². The maximum absolute atomic E-state index is 12.3. The Kier molecular flexibility index (Phi) is 9.68. The molecular weight excluding hydrogens is 350 g/mol. The van der Waals surface area contributed by atoms with Crippen LogP contribution in [0.25, 0.3) is 0 Å². The Balaban J connectivity index is 1.75. The predicted octanol–water partition coefficient (Wildman–Crippen LogP) is 3.74. The van der Waals surface area contributed by atoms with Gasteiger partial charge < -0.3 is 4.74 Å². The van der Waals surface area contributed by atoms with Crippen LogP contribution in [0.4, 0.5) is 0 Å². The van der Waals surface area contributed by atoms with Crippen LogP contribution in [0.3, 0.4) is 0 Å². The number of nitrogens with zero attached hydrogens (tertiary/aromatic N) is 1. The first-order valence-corrected chi connectivity index (χ1v) is 11.3. The minimum Gasteiger partial charge on any atom is -0.370 e. The molecule has 0 aromatic carbocycles. The lowest BCUT2D eigenvalue weighted by atomic mass is 10.1. The summed E-state index contributed by atoms with van der Waals surface area (Å²) in [5.41, 5.74) is 0. The highest BCUT2D eigenvalue weighted by Crippen LogP contribution is 2.25. The van der Waals surface area contributed by atoms with Crippen LogP contribution >= 0.6 is 11.8 Å². The molecule has 2 fully saturated rings. The molecule has 1 atom stereocenters. The Bertz CT molecular complexity index is 470. The monoisotopic (exact) mass is 383 g/mol. The normalized spacial score (nSPS) is 23.9. The fraction of sp³-hybridized carbons (Fsp3) is 0.850. The molecule has 1 unspecified atom stereocenters. The molecule has 1 aliphatic carbocycles. The highest BCUT2D eigenvalue weighted by molar-refractivity contribution is 8.00. The van der Waals surface area contributed by atoms with E-state index in [1.54, 1.807) is 0 Å². The summed E-state index contributed by atoms with van der Waals surface area (Å²) in [6.07, 6.45) is 12.4. The number of carbonyl (C=O) groups is 3. The van der Waals surface area contributed by atoms with Crippen LogP contribution in [-0.4, -0.2) is 52.8 Å². The highest BCUT2D eigenvalue weighted by Gasteiger charge is 2.39. The molecule has 26 heavy (non-hydrogen) atoms. The first-order chi connectivity index (χ1) is 12.6. The number of rotatable bonds is 7. The van der Waals surface area contributed by atoms with Crippen LogP contribution in [0.1, 0.15) is 77.6 Å². The average molecular weight is 384 g/mol. The SMILES string of the molecule is CCSC1CC(=O)N(CC(=O)COC2CCCCCCCCCC2)C1=O. The third-order valence-electron chi connectivity index (χ3n) is 5.19. The van der Waals surface area contributed by atoms with E-state index in [4.69, 9.17) is 4.74 Å². The van der Waals surface area contributed by atoms with Crippen molar-refractivity contribution in [3.63, 3.8) is 0 Å². The molecule has 1 saturated heterocycles. The molecule has 0 bridgehead atoms. The Morgan fingerprint density at radius 3 is 2.19 bits per heavy atom. The van der Waals surface area contributed by atoms with Crippen molar-refractivity contribution in [3.8, 4) is 0 Å². The van der Waals surface area contributed by atoms with Gasteiger partial charge in [0.2, 0.25) is 11.8 Å². The summed E-state index contributed by atoms with van der Waals surface area (Å²) in [4.78, 5) is 37.6. The van der Waals surface area contributed by atoms with E-state index in [1.807, 2.05) is 6.92 Å². The first-order valence-electron chi connectivity index (χ1n) is 10.2. The fourth-order valence-corrected chi connectivity index (χ4v) is 4.63. The molecule has 2 amide bonds. The summed E-state index contributed by atoms with van der Waals surface area (Å²) < 4.78 is 5.87. The third-order valence-corrected chi connectivity index (χ3v) is 6.29. The van der Waals surface area contributed by atoms with E-state index in [-0.39, 0.29) is 48.5 Å². The molecule has 1 heterocycles. The molecule has 148 valence electrons. The minimum atomic E-state index is -0.316. The molecule has 1 saturated carbocycles. The van der Waals surface area contributed by atoms with Crippen molar-refractivity contribution in [2.24, 2.45) is 0 Å². The summed E-state index contributed by atoms with van der Waals surface area (Å²) in [7, 11) is 0. The molecule has 2 rings (SSSR count). The summed E-state index contributed by atoms with van der Waals surface area (Å²) in [6.45, 7) is 1.84. The van der Waals surface area contributed by atoms with Crippen LogP contribution in [0, 0.1) is 0 Å². The number of hydrogen-bond donors (Lipinski definition) is 0. The van der Waals surface area contributed by atoms with Crippen LogP contribution < -0.4 is 0 Å². The topological polar surface area (TPSA) is 63.7 Å². The standard InChI is InChI=1S/C20H33NO4S/c1-2-26-18-13-19(23)21(20(18)24)14-16(22)15-25-17-11-9-7-5-3-4-6-8-10-12-17/h17-18H,2-15H2,1H3.